The summed E-state index contributed by atoms with van der Waals surface area (Å²) in [6.07, 6.45) is 3.10. The number of benzene rings is 2. The van der Waals surface area contributed by atoms with Gasteiger partial charge in [-0.15, -0.1) is 0 Å². The van der Waals surface area contributed by atoms with E-state index in [2.05, 4.69) is 24.1 Å². The van der Waals surface area contributed by atoms with Crippen molar-refractivity contribution in [2.75, 3.05) is 16.2 Å². The molecular weight excluding hydrogens is 386 g/mol. The molecule has 0 saturated carbocycles. The van der Waals surface area contributed by atoms with Gasteiger partial charge in [0.25, 0.3) is 10.0 Å². The second-order valence-corrected chi connectivity index (χ2v) is 8.72. The van der Waals surface area contributed by atoms with Gasteiger partial charge in [0.2, 0.25) is 5.91 Å². The first-order valence-electron chi connectivity index (χ1n) is 9.25. The standard InChI is InChI=1S/C22H23N3O3S/c1-17(2)18-10-12-20(13-11-18)25(29(27,28)21-8-4-3-5-9-21)16-22(26)24-19-7-6-14-23-15-19/h3-15,17H,16H2,1-2H3,(H,24,26). The quantitative estimate of drug-likeness (QED) is 0.639. The zero-order chi connectivity index (χ0) is 20.9. The third kappa shape index (κ3) is 5.00. The molecule has 6 nitrogen and oxygen atoms in total. The van der Waals surface area contributed by atoms with E-state index in [1.54, 1.807) is 48.7 Å². The number of hydrogen-bond acceptors (Lipinski definition) is 4. The molecule has 1 amide bonds. The lowest BCUT2D eigenvalue weighted by Gasteiger charge is -2.24. The number of anilines is 2. The highest BCUT2D eigenvalue weighted by molar-refractivity contribution is 7.92. The van der Waals surface area contributed by atoms with E-state index in [1.165, 1.54) is 18.3 Å². The molecule has 1 N–H and O–H groups in total. The van der Waals surface area contributed by atoms with Crippen molar-refractivity contribution >= 4 is 27.3 Å². The van der Waals surface area contributed by atoms with Crippen LogP contribution in [0.25, 0.3) is 0 Å². The second-order valence-electron chi connectivity index (χ2n) is 6.86. The molecule has 0 radical (unpaired) electrons. The van der Waals surface area contributed by atoms with E-state index in [-0.39, 0.29) is 11.4 Å². The maximum Gasteiger partial charge on any atom is 0.264 e. The Morgan fingerprint density at radius 2 is 1.69 bits per heavy atom. The Bertz CT molecular complexity index is 1050. The van der Waals surface area contributed by atoms with E-state index in [0.717, 1.165) is 9.87 Å². The molecule has 0 atom stereocenters. The summed E-state index contributed by atoms with van der Waals surface area (Å²) in [5.41, 5.74) is 2.02. The SMILES string of the molecule is CC(C)c1ccc(N(CC(=O)Nc2cccnc2)S(=O)(=O)c2ccccc2)cc1. The Balaban J connectivity index is 1.94. The van der Waals surface area contributed by atoms with Crippen LogP contribution in [0.5, 0.6) is 0 Å². The summed E-state index contributed by atoms with van der Waals surface area (Å²) in [6.45, 7) is 3.77. The number of nitrogens with one attached hydrogen (secondary N) is 1. The first-order chi connectivity index (χ1) is 13.9. The number of carbonyl (C=O) groups excluding carboxylic acids is 1. The monoisotopic (exact) mass is 409 g/mol. The fourth-order valence-corrected chi connectivity index (χ4v) is 4.27. The second kappa shape index (κ2) is 8.87. The van der Waals surface area contributed by atoms with E-state index in [1.807, 2.05) is 12.1 Å². The number of aromatic nitrogens is 1. The van der Waals surface area contributed by atoms with Gasteiger partial charge >= 0.3 is 0 Å². The van der Waals surface area contributed by atoms with Crippen LogP contribution in [0.1, 0.15) is 25.3 Å². The van der Waals surface area contributed by atoms with Gasteiger partial charge in [0.1, 0.15) is 6.54 Å². The lowest BCUT2D eigenvalue weighted by atomic mass is 10.0. The molecule has 0 aliphatic heterocycles. The third-order valence-corrected chi connectivity index (χ3v) is 6.20. The van der Waals surface area contributed by atoms with Crippen molar-refractivity contribution < 1.29 is 13.2 Å². The summed E-state index contributed by atoms with van der Waals surface area (Å²) in [5.74, 6) is -0.137. The van der Waals surface area contributed by atoms with Crippen molar-refractivity contribution in [3.05, 3.63) is 84.7 Å². The fraction of sp³-hybridized carbons (Fsp3) is 0.182. The Labute approximate surface area is 171 Å². The van der Waals surface area contributed by atoms with Gasteiger partial charge in [-0.3, -0.25) is 14.1 Å². The van der Waals surface area contributed by atoms with E-state index in [9.17, 15) is 13.2 Å². The van der Waals surface area contributed by atoms with Crippen molar-refractivity contribution in [1.29, 1.82) is 0 Å². The van der Waals surface area contributed by atoms with Gasteiger partial charge in [-0.25, -0.2) is 8.42 Å². The van der Waals surface area contributed by atoms with Crippen LogP contribution in [0, 0.1) is 0 Å². The Kier molecular flexibility index (Phi) is 6.29. The number of amides is 1. The first kappa shape index (κ1) is 20.5. The minimum absolute atomic E-state index is 0.127. The topological polar surface area (TPSA) is 79.4 Å². The highest BCUT2D eigenvalue weighted by Crippen LogP contribution is 2.26. The Morgan fingerprint density at radius 1 is 1.00 bits per heavy atom. The molecule has 3 rings (SSSR count). The molecular formula is C22H23N3O3S. The lowest BCUT2D eigenvalue weighted by Crippen LogP contribution is -2.38. The zero-order valence-electron chi connectivity index (χ0n) is 16.3. The van der Waals surface area contributed by atoms with Crippen LogP contribution in [0.4, 0.5) is 11.4 Å². The van der Waals surface area contributed by atoms with E-state index in [4.69, 9.17) is 0 Å². The summed E-state index contributed by atoms with van der Waals surface area (Å²) >= 11 is 0. The highest BCUT2D eigenvalue weighted by atomic mass is 32.2. The molecule has 0 aliphatic rings. The average Bonchev–Trinajstić information content (AvgIpc) is 2.73. The van der Waals surface area contributed by atoms with E-state index >= 15 is 0 Å². The zero-order valence-corrected chi connectivity index (χ0v) is 17.1. The number of nitrogens with zero attached hydrogens (tertiary/aromatic N) is 2. The van der Waals surface area contributed by atoms with Gasteiger partial charge in [-0.2, -0.15) is 0 Å². The van der Waals surface area contributed by atoms with Gasteiger partial charge in [0, 0.05) is 6.20 Å². The summed E-state index contributed by atoms with van der Waals surface area (Å²) in [4.78, 5) is 16.7. The van der Waals surface area contributed by atoms with Gasteiger partial charge in [0.05, 0.1) is 22.5 Å². The fourth-order valence-electron chi connectivity index (χ4n) is 2.83. The van der Waals surface area contributed by atoms with Crippen LogP contribution in [-0.4, -0.2) is 25.9 Å². The molecule has 0 unspecified atom stereocenters. The van der Waals surface area contributed by atoms with Gasteiger partial charge in [0.15, 0.2) is 0 Å². The summed E-state index contributed by atoms with van der Waals surface area (Å²) in [7, 11) is -3.92. The number of sulfonamides is 1. The normalized spacial score (nSPS) is 11.3. The van der Waals surface area contributed by atoms with Crippen molar-refractivity contribution in [2.24, 2.45) is 0 Å². The molecule has 0 saturated heterocycles. The summed E-state index contributed by atoms with van der Waals surface area (Å²) in [6, 6.07) is 18.7. The van der Waals surface area contributed by atoms with Crippen molar-refractivity contribution in [1.82, 2.24) is 4.98 Å². The summed E-state index contributed by atoms with van der Waals surface area (Å²) in [5, 5.41) is 2.69. The van der Waals surface area contributed by atoms with Crippen LogP contribution in [-0.2, 0) is 14.8 Å². The van der Waals surface area contributed by atoms with Crippen molar-refractivity contribution in [3.63, 3.8) is 0 Å². The van der Waals surface area contributed by atoms with E-state index in [0.29, 0.717) is 17.3 Å². The number of carbonyl (C=O) groups is 1. The average molecular weight is 410 g/mol. The van der Waals surface area contributed by atoms with Gasteiger partial charge in [-0.05, 0) is 47.9 Å². The van der Waals surface area contributed by atoms with Crippen LogP contribution < -0.4 is 9.62 Å². The number of rotatable bonds is 7. The predicted molar refractivity (Wildman–Crippen MR) is 114 cm³/mol. The van der Waals surface area contributed by atoms with Crippen molar-refractivity contribution in [2.45, 2.75) is 24.7 Å². The molecule has 0 fully saturated rings. The van der Waals surface area contributed by atoms with Crippen LogP contribution in [0.3, 0.4) is 0 Å². The lowest BCUT2D eigenvalue weighted by molar-refractivity contribution is -0.114. The Hall–Kier alpha value is -3.19. The van der Waals surface area contributed by atoms with E-state index < -0.39 is 15.9 Å². The molecule has 1 heterocycles. The minimum atomic E-state index is -3.92. The maximum atomic E-state index is 13.3. The third-order valence-electron chi connectivity index (χ3n) is 4.41. The minimum Gasteiger partial charge on any atom is -0.323 e. The summed E-state index contributed by atoms with van der Waals surface area (Å²) < 4.78 is 27.7. The molecule has 2 aromatic carbocycles. The molecule has 0 spiro atoms. The highest BCUT2D eigenvalue weighted by Gasteiger charge is 2.27. The largest absolute Gasteiger partial charge is 0.323 e. The van der Waals surface area contributed by atoms with Crippen LogP contribution in [0.2, 0.25) is 0 Å². The van der Waals surface area contributed by atoms with Gasteiger partial charge in [-0.1, -0.05) is 44.2 Å². The smallest absolute Gasteiger partial charge is 0.264 e. The molecule has 150 valence electrons. The molecule has 0 bridgehead atoms. The number of hydrogen-bond donors (Lipinski definition) is 1. The molecule has 3 aromatic rings. The molecule has 0 aliphatic carbocycles. The maximum absolute atomic E-state index is 13.3. The Morgan fingerprint density at radius 3 is 2.28 bits per heavy atom. The predicted octanol–water partition coefficient (Wildman–Crippen LogP) is 4.04. The molecule has 29 heavy (non-hydrogen) atoms. The molecule has 7 heteroatoms. The van der Waals surface area contributed by atoms with Crippen molar-refractivity contribution in [3.8, 4) is 0 Å². The first-order valence-corrected chi connectivity index (χ1v) is 10.7. The van der Waals surface area contributed by atoms with Crippen LogP contribution >= 0.6 is 0 Å². The number of pyridine rings is 1. The van der Waals surface area contributed by atoms with Gasteiger partial charge < -0.3 is 5.32 Å². The molecule has 1 aromatic heterocycles. The van der Waals surface area contributed by atoms with Crippen LogP contribution in [0.15, 0.2) is 84.0 Å².